The molecule has 0 aliphatic rings. The zero-order valence-electron chi connectivity index (χ0n) is 11.3. The van der Waals surface area contributed by atoms with Crippen LogP contribution in [0.4, 0.5) is 5.69 Å². The van der Waals surface area contributed by atoms with Crippen LogP contribution in [0.3, 0.4) is 0 Å². The summed E-state index contributed by atoms with van der Waals surface area (Å²) in [6.45, 7) is 1.60. The number of rotatable bonds is 6. The molecule has 118 valence electrons. The Kier molecular flexibility index (Phi) is 5.35. The molecule has 1 aromatic carbocycles. The van der Waals surface area contributed by atoms with Crippen LogP contribution in [0, 0.1) is 16.0 Å². The van der Waals surface area contributed by atoms with Gasteiger partial charge in [0.05, 0.1) is 15.6 Å². The van der Waals surface area contributed by atoms with Crippen molar-refractivity contribution in [2.45, 2.75) is 16.7 Å². The molecule has 1 atom stereocenters. The number of hydrogen-bond donors (Lipinski definition) is 0. The van der Waals surface area contributed by atoms with Crippen LogP contribution in [-0.4, -0.2) is 39.6 Å². The molecular weight excluding hydrogens is 342 g/mol. The first-order chi connectivity index (χ1) is 9.49. The number of nitro groups is 1. The first kappa shape index (κ1) is 17.9. The highest BCUT2D eigenvalue weighted by Crippen LogP contribution is 2.28. The largest absolute Gasteiger partial charge is 0.289 e. The van der Waals surface area contributed by atoms with Crippen LogP contribution in [0.5, 0.6) is 0 Å². The molecule has 0 heterocycles. The van der Waals surface area contributed by atoms with Gasteiger partial charge in [0, 0.05) is 18.2 Å². The van der Waals surface area contributed by atoms with E-state index in [1.807, 2.05) is 0 Å². The summed E-state index contributed by atoms with van der Waals surface area (Å²) in [5.74, 6) is -0.643. The molecule has 0 aliphatic heterocycles. The van der Waals surface area contributed by atoms with E-state index in [1.54, 1.807) is 6.92 Å². The smallest absolute Gasteiger partial charge is 0.258 e. The molecule has 0 aliphatic carbocycles. The maximum atomic E-state index is 12.2. The number of sulfone groups is 2. The maximum absolute atomic E-state index is 12.2. The fourth-order valence-electron chi connectivity index (χ4n) is 1.64. The highest BCUT2D eigenvalue weighted by molar-refractivity contribution is 7.91. The molecule has 0 radical (unpaired) electrons. The number of benzene rings is 1. The van der Waals surface area contributed by atoms with E-state index in [4.69, 9.17) is 11.6 Å². The fourth-order valence-corrected chi connectivity index (χ4v) is 4.30. The molecule has 1 aromatic rings. The average Bonchev–Trinajstić information content (AvgIpc) is 2.36. The van der Waals surface area contributed by atoms with Crippen molar-refractivity contribution in [3.63, 3.8) is 0 Å². The molecule has 7 nitrogen and oxygen atoms in total. The maximum Gasteiger partial charge on any atom is 0.289 e. The second kappa shape index (κ2) is 6.29. The monoisotopic (exact) mass is 355 g/mol. The van der Waals surface area contributed by atoms with Crippen LogP contribution in [0.25, 0.3) is 0 Å². The van der Waals surface area contributed by atoms with Crippen molar-refractivity contribution < 1.29 is 21.8 Å². The summed E-state index contributed by atoms with van der Waals surface area (Å²) in [6.07, 6.45) is 0.885. The lowest BCUT2D eigenvalue weighted by atomic mass is 10.3. The van der Waals surface area contributed by atoms with Gasteiger partial charge in [-0.05, 0) is 18.1 Å². The Bertz CT molecular complexity index is 757. The van der Waals surface area contributed by atoms with Gasteiger partial charge in [-0.2, -0.15) is 0 Å². The van der Waals surface area contributed by atoms with Gasteiger partial charge in [0.25, 0.3) is 5.69 Å². The fraction of sp³-hybridized carbons (Fsp3) is 0.455. The van der Waals surface area contributed by atoms with E-state index in [1.165, 1.54) is 0 Å². The second-order valence-electron chi connectivity index (χ2n) is 4.70. The van der Waals surface area contributed by atoms with Crippen LogP contribution >= 0.6 is 11.6 Å². The summed E-state index contributed by atoms with van der Waals surface area (Å²) in [7, 11) is -7.60. The van der Waals surface area contributed by atoms with Gasteiger partial charge in [0.2, 0.25) is 0 Å². The quantitative estimate of drug-likeness (QED) is 0.435. The SMILES string of the molecule is CC(CCl)CS(=O)(=O)c1ccc(S(C)(=O)=O)cc1[N+](=O)[O-]. The highest BCUT2D eigenvalue weighted by atomic mass is 35.5. The van der Waals surface area contributed by atoms with Gasteiger partial charge in [-0.25, -0.2) is 16.8 Å². The minimum atomic E-state index is -3.93. The summed E-state index contributed by atoms with van der Waals surface area (Å²) in [4.78, 5) is 9.30. The molecule has 0 fully saturated rings. The van der Waals surface area contributed by atoms with Crippen molar-refractivity contribution >= 4 is 37.0 Å². The molecule has 0 spiro atoms. The summed E-state index contributed by atoms with van der Waals surface area (Å²) in [5, 5.41) is 11.0. The van der Waals surface area contributed by atoms with Crippen molar-refractivity contribution in [1.29, 1.82) is 0 Å². The zero-order valence-corrected chi connectivity index (χ0v) is 13.7. The average molecular weight is 356 g/mol. The van der Waals surface area contributed by atoms with Gasteiger partial charge < -0.3 is 0 Å². The van der Waals surface area contributed by atoms with Crippen LogP contribution in [-0.2, 0) is 19.7 Å². The summed E-state index contributed by atoms with van der Waals surface area (Å²) in [6, 6.07) is 2.75. The van der Waals surface area contributed by atoms with E-state index < -0.39 is 35.2 Å². The minimum absolute atomic E-state index is 0.0917. The van der Waals surface area contributed by atoms with Crippen LogP contribution < -0.4 is 0 Å². The third-order valence-electron chi connectivity index (χ3n) is 2.66. The van der Waals surface area contributed by atoms with Crippen LogP contribution in [0.2, 0.25) is 0 Å². The molecule has 1 rings (SSSR count). The zero-order chi connectivity index (χ0) is 16.4. The molecule has 0 bridgehead atoms. The normalized spacial score (nSPS) is 13.9. The summed E-state index contributed by atoms with van der Waals surface area (Å²) >= 11 is 5.56. The van der Waals surface area contributed by atoms with E-state index in [2.05, 4.69) is 0 Å². The van der Waals surface area contributed by atoms with E-state index in [0.29, 0.717) is 0 Å². The van der Waals surface area contributed by atoms with E-state index in [9.17, 15) is 26.9 Å². The molecule has 0 N–H and O–H groups in total. The first-order valence-corrected chi connectivity index (χ1v) is 9.84. The Morgan fingerprint density at radius 3 is 2.29 bits per heavy atom. The van der Waals surface area contributed by atoms with Crippen molar-refractivity contribution in [3.05, 3.63) is 28.3 Å². The number of halogens is 1. The number of nitrogens with zero attached hydrogens (tertiary/aromatic N) is 1. The molecule has 0 aromatic heterocycles. The number of nitro benzene ring substituents is 1. The predicted molar refractivity (Wildman–Crippen MR) is 78.1 cm³/mol. The van der Waals surface area contributed by atoms with Gasteiger partial charge in [0.15, 0.2) is 19.7 Å². The van der Waals surface area contributed by atoms with Crippen LogP contribution in [0.1, 0.15) is 6.92 Å². The van der Waals surface area contributed by atoms with Gasteiger partial charge in [-0.1, -0.05) is 6.92 Å². The molecule has 0 saturated carbocycles. The Labute approximate surface area is 127 Å². The lowest BCUT2D eigenvalue weighted by molar-refractivity contribution is -0.388. The molecule has 10 heteroatoms. The predicted octanol–water partition coefficient (Wildman–Crippen LogP) is 1.65. The molecule has 1 unspecified atom stereocenters. The third-order valence-corrected chi connectivity index (χ3v) is 6.32. The molecular formula is C11H14ClNO6S2. The Hall–Kier alpha value is -1.19. The number of hydrogen-bond acceptors (Lipinski definition) is 6. The second-order valence-corrected chi connectivity index (χ2v) is 9.03. The van der Waals surface area contributed by atoms with Crippen molar-refractivity contribution in [3.8, 4) is 0 Å². The topological polar surface area (TPSA) is 111 Å². The standard InChI is InChI=1S/C11H14ClNO6S2/c1-8(6-12)7-21(18,19)11-4-3-9(20(2,16)17)5-10(11)13(14)15/h3-5,8H,6-7H2,1-2H3. The van der Waals surface area contributed by atoms with Crippen molar-refractivity contribution in [2.75, 3.05) is 17.9 Å². The molecule has 0 amide bonds. The number of alkyl halides is 1. The van der Waals surface area contributed by atoms with Gasteiger partial charge in [-0.15, -0.1) is 11.6 Å². The Morgan fingerprint density at radius 2 is 1.86 bits per heavy atom. The summed E-state index contributed by atoms with van der Waals surface area (Å²) < 4.78 is 47.2. The van der Waals surface area contributed by atoms with E-state index >= 15 is 0 Å². The van der Waals surface area contributed by atoms with E-state index in [-0.39, 0.29) is 22.4 Å². The van der Waals surface area contributed by atoms with Gasteiger partial charge in [0.1, 0.15) is 4.90 Å². The highest BCUT2D eigenvalue weighted by Gasteiger charge is 2.28. The molecule has 21 heavy (non-hydrogen) atoms. The van der Waals surface area contributed by atoms with E-state index in [0.717, 1.165) is 24.5 Å². The Balaban J connectivity index is 3.48. The van der Waals surface area contributed by atoms with Crippen LogP contribution in [0.15, 0.2) is 28.0 Å². The first-order valence-electron chi connectivity index (χ1n) is 5.76. The lowest BCUT2D eigenvalue weighted by Crippen LogP contribution is -2.16. The van der Waals surface area contributed by atoms with Crippen molar-refractivity contribution in [2.24, 2.45) is 5.92 Å². The van der Waals surface area contributed by atoms with Crippen molar-refractivity contribution in [1.82, 2.24) is 0 Å². The summed E-state index contributed by atoms with van der Waals surface area (Å²) in [5.41, 5.74) is -0.750. The third kappa shape index (κ3) is 4.39. The minimum Gasteiger partial charge on any atom is -0.258 e. The molecule has 0 saturated heterocycles. The van der Waals surface area contributed by atoms with Gasteiger partial charge in [-0.3, -0.25) is 10.1 Å². The lowest BCUT2D eigenvalue weighted by Gasteiger charge is -2.10. The Morgan fingerprint density at radius 1 is 1.29 bits per heavy atom. The van der Waals surface area contributed by atoms with Gasteiger partial charge >= 0.3 is 0 Å².